The number of carbonyl (C=O) groups is 2. The molecule has 0 heterocycles. The molecule has 0 saturated heterocycles. The van der Waals surface area contributed by atoms with Crippen molar-refractivity contribution in [1.82, 2.24) is 10.2 Å². The minimum absolute atomic E-state index is 0.0363. The van der Waals surface area contributed by atoms with Crippen molar-refractivity contribution in [3.8, 4) is 0 Å². The molecule has 3 aromatic rings. The van der Waals surface area contributed by atoms with Crippen LogP contribution >= 0.6 is 0 Å². The fraction of sp³-hybridized carbons (Fsp3) is 0.310. The van der Waals surface area contributed by atoms with Crippen LogP contribution in [0.1, 0.15) is 36.1 Å². The molecule has 0 aromatic heterocycles. The second-order valence-corrected chi connectivity index (χ2v) is 11.2. The van der Waals surface area contributed by atoms with Gasteiger partial charge in [-0.15, -0.1) is 0 Å². The number of hydrogen-bond acceptors (Lipinski definition) is 4. The van der Waals surface area contributed by atoms with E-state index in [-0.39, 0.29) is 17.0 Å². The van der Waals surface area contributed by atoms with Crippen molar-refractivity contribution in [2.75, 3.05) is 17.4 Å². The van der Waals surface area contributed by atoms with Crippen molar-refractivity contribution >= 4 is 27.5 Å². The Balaban J connectivity index is 2.09. The molecule has 0 fully saturated rings. The number of benzene rings is 3. The highest BCUT2D eigenvalue weighted by molar-refractivity contribution is 7.92. The van der Waals surface area contributed by atoms with Crippen molar-refractivity contribution in [2.24, 2.45) is 0 Å². The minimum Gasteiger partial charge on any atom is -0.355 e. The van der Waals surface area contributed by atoms with E-state index in [1.165, 1.54) is 35.2 Å². The minimum atomic E-state index is -4.16. The molecule has 1 atom stereocenters. The van der Waals surface area contributed by atoms with Crippen molar-refractivity contribution in [3.05, 3.63) is 94.8 Å². The Kier molecular flexibility index (Phi) is 9.27. The van der Waals surface area contributed by atoms with Crippen molar-refractivity contribution in [2.45, 2.75) is 52.1 Å². The van der Waals surface area contributed by atoms with Gasteiger partial charge in [-0.1, -0.05) is 48.0 Å². The van der Waals surface area contributed by atoms with E-state index in [0.29, 0.717) is 17.8 Å². The molecule has 2 amide bonds. The van der Waals surface area contributed by atoms with E-state index >= 15 is 0 Å². The Hall–Kier alpha value is -3.72. The molecule has 38 heavy (non-hydrogen) atoms. The van der Waals surface area contributed by atoms with E-state index in [4.69, 9.17) is 0 Å². The van der Waals surface area contributed by atoms with Crippen LogP contribution in [0.4, 0.5) is 10.1 Å². The zero-order valence-corrected chi connectivity index (χ0v) is 23.2. The summed E-state index contributed by atoms with van der Waals surface area (Å²) in [5, 5.41) is 2.69. The second-order valence-electron chi connectivity index (χ2n) is 9.30. The van der Waals surface area contributed by atoms with E-state index in [1.807, 2.05) is 19.9 Å². The van der Waals surface area contributed by atoms with Gasteiger partial charge in [0.25, 0.3) is 10.0 Å². The van der Waals surface area contributed by atoms with Crippen LogP contribution in [0.5, 0.6) is 0 Å². The Morgan fingerprint density at radius 1 is 0.947 bits per heavy atom. The van der Waals surface area contributed by atoms with Crippen molar-refractivity contribution < 1.29 is 22.4 Å². The topological polar surface area (TPSA) is 86.8 Å². The molecular formula is C29H34FN3O4S. The second kappa shape index (κ2) is 12.2. The number of anilines is 1. The third-order valence-corrected chi connectivity index (χ3v) is 8.11. The Morgan fingerprint density at radius 2 is 1.58 bits per heavy atom. The molecule has 9 heteroatoms. The lowest BCUT2D eigenvalue weighted by molar-refractivity contribution is -0.139. The summed E-state index contributed by atoms with van der Waals surface area (Å²) in [5.41, 5.74) is 2.95. The highest BCUT2D eigenvalue weighted by Gasteiger charge is 2.33. The summed E-state index contributed by atoms with van der Waals surface area (Å²) < 4.78 is 43.4. The summed E-state index contributed by atoms with van der Waals surface area (Å²) in [6.07, 6.45) is 0. The van der Waals surface area contributed by atoms with Gasteiger partial charge < -0.3 is 10.2 Å². The average molecular weight is 540 g/mol. The van der Waals surface area contributed by atoms with E-state index in [0.717, 1.165) is 15.4 Å². The quantitative estimate of drug-likeness (QED) is 0.411. The summed E-state index contributed by atoms with van der Waals surface area (Å²) >= 11 is 0. The number of carbonyl (C=O) groups excluding carboxylic acids is 2. The van der Waals surface area contributed by atoms with Gasteiger partial charge in [-0.05, 0) is 70.0 Å². The van der Waals surface area contributed by atoms with Gasteiger partial charge in [-0.2, -0.15) is 0 Å². The monoisotopic (exact) mass is 539 g/mol. The average Bonchev–Trinajstić information content (AvgIpc) is 2.88. The molecule has 3 rings (SSSR count). The van der Waals surface area contributed by atoms with Crippen LogP contribution in [0.3, 0.4) is 0 Å². The van der Waals surface area contributed by atoms with Crippen LogP contribution in [0, 0.1) is 26.6 Å². The molecule has 0 aliphatic carbocycles. The summed E-state index contributed by atoms with van der Waals surface area (Å²) in [4.78, 5) is 27.8. The molecule has 0 saturated carbocycles. The largest absolute Gasteiger partial charge is 0.355 e. The van der Waals surface area contributed by atoms with Gasteiger partial charge in [-0.25, -0.2) is 12.8 Å². The van der Waals surface area contributed by atoms with Crippen LogP contribution in [-0.4, -0.2) is 44.3 Å². The Morgan fingerprint density at radius 3 is 2.21 bits per heavy atom. The summed E-state index contributed by atoms with van der Waals surface area (Å²) in [6, 6.07) is 16.8. The summed E-state index contributed by atoms with van der Waals surface area (Å²) in [7, 11) is -4.16. The lowest BCUT2D eigenvalue weighted by Gasteiger charge is -2.32. The Bertz CT molecular complexity index is 1410. The number of nitrogens with one attached hydrogen (secondary N) is 1. The molecule has 0 aliphatic rings. The van der Waals surface area contributed by atoms with Gasteiger partial charge in [0.05, 0.1) is 10.6 Å². The summed E-state index contributed by atoms with van der Waals surface area (Å²) in [5.74, 6) is -1.58. The molecule has 0 aliphatic heterocycles. The molecule has 0 spiro atoms. The first-order valence-corrected chi connectivity index (χ1v) is 13.9. The Labute approximate surface area is 224 Å². The van der Waals surface area contributed by atoms with Gasteiger partial charge in [0.2, 0.25) is 11.8 Å². The first kappa shape index (κ1) is 28.8. The maximum Gasteiger partial charge on any atom is 0.264 e. The van der Waals surface area contributed by atoms with Gasteiger partial charge in [0.15, 0.2) is 0 Å². The predicted octanol–water partition coefficient (Wildman–Crippen LogP) is 4.50. The molecule has 3 aromatic carbocycles. The number of halogens is 1. The molecule has 1 N–H and O–H groups in total. The van der Waals surface area contributed by atoms with Crippen LogP contribution < -0.4 is 9.62 Å². The van der Waals surface area contributed by atoms with Crippen molar-refractivity contribution in [1.29, 1.82) is 0 Å². The standard InChI is InChI=1S/C29H34FN3O4S/c1-6-31-29(35)23(5)32(18-24-9-7-8-10-26(24)30)28(34)19-33(27-17-21(3)11-14-22(27)4)38(36,37)25-15-12-20(2)13-16-25/h7-17,23H,6,18-19H2,1-5H3,(H,31,35)/t23-/m1/s1. The highest BCUT2D eigenvalue weighted by Crippen LogP contribution is 2.29. The lowest BCUT2D eigenvalue weighted by Crippen LogP contribution is -2.51. The maximum atomic E-state index is 14.5. The summed E-state index contributed by atoms with van der Waals surface area (Å²) in [6.45, 7) is 8.33. The van der Waals surface area contributed by atoms with E-state index in [2.05, 4.69) is 5.32 Å². The van der Waals surface area contributed by atoms with Gasteiger partial charge in [0, 0.05) is 18.7 Å². The smallest absolute Gasteiger partial charge is 0.264 e. The maximum absolute atomic E-state index is 14.5. The third-order valence-electron chi connectivity index (χ3n) is 6.34. The fourth-order valence-electron chi connectivity index (χ4n) is 4.05. The zero-order valence-electron chi connectivity index (χ0n) is 22.4. The fourth-order valence-corrected chi connectivity index (χ4v) is 5.52. The van der Waals surface area contributed by atoms with Crippen molar-refractivity contribution in [3.63, 3.8) is 0 Å². The van der Waals surface area contributed by atoms with Crippen LogP contribution in [0.15, 0.2) is 71.6 Å². The van der Waals surface area contributed by atoms with Gasteiger partial charge in [-0.3, -0.25) is 13.9 Å². The first-order valence-electron chi connectivity index (χ1n) is 12.4. The number of rotatable bonds is 10. The number of amides is 2. The van der Waals surface area contributed by atoms with E-state index in [1.54, 1.807) is 51.1 Å². The SMILES string of the molecule is CCNC(=O)[C@@H](C)N(Cc1ccccc1F)C(=O)CN(c1cc(C)ccc1C)S(=O)(=O)c1ccc(C)cc1. The highest BCUT2D eigenvalue weighted by atomic mass is 32.2. The van der Waals surface area contributed by atoms with Gasteiger partial charge >= 0.3 is 0 Å². The van der Waals surface area contributed by atoms with E-state index in [9.17, 15) is 22.4 Å². The molecule has 0 unspecified atom stereocenters. The normalized spacial score (nSPS) is 12.1. The number of sulfonamides is 1. The van der Waals surface area contributed by atoms with Crippen LogP contribution in [0.25, 0.3) is 0 Å². The number of aryl methyl sites for hydroxylation is 3. The van der Waals surface area contributed by atoms with Gasteiger partial charge in [0.1, 0.15) is 18.4 Å². The molecular weight excluding hydrogens is 505 g/mol. The number of nitrogens with zero attached hydrogens (tertiary/aromatic N) is 2. The lowest BCUT2D eigenvalue weighted by atomic mass is 10.1. The zero-order chi connectivity index (χ0) is 28.0. The molecule has 0 bridgehead atoms. The number of hydrogen-bond donors (Lipinski definition) is 1. The third kappa shape index (κ3) is 6.58. The predicted molar refractivity (Wildman–Crippen MR) is 147 cm³/mol. The number of likely N-dealkylation sites (N-methyl/N-ethyl adjacent to an activating group) is 1. The van der Waals surface area contributed by atoms with E-state index < -0.39 is 40.2 Å². The van der Waals surface area contributed by atoms with Crippen LogP contribution in [-0.2, 0) is 26.2 Å². The molecule has 7 nitrogen and oxygen atoms in total. The molecule has 0 radical (unpaired) electrons. The molecule has 202 valence electrons. The first-order chi connectivity index (χ1) is 17.9. The van der Waals surface area contributed by atoms with Crippen LogP contribution in [0.2, 0.25) is 0 Å².